The van der Waals surface area contributed by atoms with E-state index < -0.39 is 44.2 Å². The van der Waals surface area contributed by atoms with Gasteiger partial charge in [-0.25, -0.2) is 13.6 Å². The molecule has 0 aromatic heterocycles. The van der Waals surface area contributed by atoms with Crippen LogP contribution < -0.4 is 0 Å². The maximum absolute atomic E-state index is 12.0. The summed E-state index contributed by atoms with van der Waals surface area (Å²) in [6.07, 6.45) is 0.208. The summed E-state index contributed by atoms with van der Waals surface area (Å²) in [5.74, 6) is -1.18. The second kappa shape index (κ2) is 6.44. The molecule has 1 saturated heterocycles. The summed E-state index contributed by atoms with van der Waals surface area (Å²) >= 11 is 0. The van der Waals surface area contributed by atoms with Gasteiger partial charge in [-0.1, -0.05) is 0 Å². The van der Waals surface area contributed by atoms with Crippen LogP contribution in [0.4, 0.5) is 0 Å². The number of carbonyl (C=O) groups is 2. The van der Waals surface area contributed by atoms with Crippen molar-refractivity contribution < 1.29 is 37.2 Å². The molecule has 1 aliphatic rings. The van der Waals surface area contributed by atoms with E-state index in [9.17, 15) is 14.2 Å². The topological polar surface area (TPSA) is 97.4 Å². The van der Waals surface area contributed by atoms with Gasteiger partial charge in [0, 0.05) is 7.11 Å². The predicted octanol–water partition coefficient (Wildman–Crippen LogP) is 2.23. The zero-order chi connectivity index (χ0) is 16.3. The summed E-state index contributed by atoms with van der Waals surface area (Å²) in [6, 6.07) is 0. The minimum absolute atomic E-state index is 0.208. The fourth-order valence-corrected chi connectivity index (χ4v) is 2.72. The van der Waals surface area contributed by atoms with Crippen LogP contribution in [0.5, 0.6) is 0 Å². The van der Waals surface area contributed by atoms with Crippen LogP contribution in [0.15, 0.2) is 0 Å². The maximum atomic E-state index is 12.0. The molecule has 8 nitrogen and oxygen atoms in total. The molecule has 0 radical (unpaired) electrons. The lowest BCUT2D eigenvalue weighted by Gasteiger charge is -2.32. The summed E-state index contributed by atoms with van der Waals surface area (Å²) in [6.45, 7) is 5.40. The lowest BCUT2D eigenvalue weighted by Crippen LogP contribution is -2.38. The zero-order valence-corrected chi connectivity index (χ0v) is 13.7. The van der Waals surface area contributed by atoms with Crippen molar-refractivity contribution in [2.45, 2.75) is 34.1 Å². The molecule has 0 bridgehead atoms. The maximum Gasteiger partial charge on any atom is 0.480 e. The van der Waals surface area contributed by atoms with Crippen molar-refractivity contribution in [1.82, 2.24) is 0 Å². The Kier molecular flexibility index (Phi) is 5.55. The van der Waals surface area contributed by atoms with Gasteiger partial charge in [-0.2, -0.15) is 0 Å². The smallest absolute Gasteiger partial charge is 0.437 e. The molecule has 0 spiro atoms. The molecule has 0 aliphatic carbocycles. The highest BCUT2D eigenvalue weighted by Gasteiger charge is 2.42. The number of esters is 2. The second-order valence-electron chi connectivity index (χ2n) is 5.93. The van der Waals surface area contributed by atoms with Gasteiger partial charge in [0.15, 0.2) is 0 Å². The number of carbonyl (C=O) groups excluding carboxylic acids is 2. The first-order valence-electron chi connectivity index (χ1n) is 6.32. The molecule has 122 valence electrons. The van der Waals surface area contributed by atoms with E-state index in [0.29, 0.717) is 0 Å². The van der Waals surface area contributed by atoms with E-state index in [1.54, 1.807) is 27.7 Å². The Labute approximate surface area is 123 Å². The Hall–Kier alpha value is -0.950. The van der Waals surface area contributed by atoms with Crippen LogP contribution in [0.25, 0.3) is 0 Å². The summed E-state index contributed by atoms with van der Waals surface area (Å²) in [4.78, 5) is 24.0. The van der Waals surface area contributed by atoms with Gasteiger partial charge in [0.25, 0.3) is 0 Å². The molecule has 0 amide bonds. The highest BCUT2D eigenvalue weighted by atomic mass is 31.2. The molecule has 0 N–H and O–H groups in total. The minimum atomic E-state index is -3.94. The molecular formula is C12H21O8P. The van der Waals surface area contributed by atoms with Gasteiger partial charge in [-0.05, 0) is 34.1 Å². The van der Waals surface area contributed by atoms with Crippen molar-refractivity contribution in [3.05, 3.63) is 0 Å². The Balaban J connectivity index is 2.97. The lowest BCUT2D eigenvalue weighted by atomic mass is 9.75. The molecule has 0 aromatic rings. The standard InChI is InChI=1S/C12H21O8P/c1-11(2)6-12(3,4)10(14)18-8-20-21(15,16-5)19-7-17-9(11)13/h6-8H2,1-5H3. The van der Waals surface area contributed by atoms with Gasteiger partial charge >= 0.3 is 19.8 Å². The highest BCUT2D eigenvalue weighted by molar-refractivity contribution is 7.48. The summed E-state index contributed by atoms with van der Waals surface area (Å²) < 4.78 is 35.9. The largest absolute Gasteiger partial charge is 0.480 e. The van der Waals surface area contributed by atoms with E-state index >= 15 is 0 Å². The Morgan fingerprint density at radius 3 is 1.67 bits per heavy atom. The number of phosphoric acid groups is 1. The molecular weight excluding hydrogens is 303 g/mol. The normalized spacial score (nSPS) is 26.0. The molecule has 1 fully saturated rings. The first-order valence-corrected chi connectivity index (χ1v) is 7.78. The molecule has 1 heterocycles. The van der Waals surface area contributed by atoms with E-state index in [1.807, 2.05) is 0 Å². The minimum Gasteiger partial charge on any atom is -0.437 e. The quantitative estimate of drug-likeness (QED) is 0.535. The van der Waals surface area contributed by atoms with Gasteiger partial charge in [0.05, 0.1) is 10.8 Å². The Morgan fingerprint density at radius 2 is 1.33 bits per heavy atom. The van der Waals surface area contributed by atoms with E-state index in [0.717, 1.165) is 7.11 Å². The number of phosphoric ester groups is 1. The van der Waals surface area contributed by atoms with Crippen LogP contribution in [0.1, 0.15) is 34.1 Å². The van der Waals surface area contributed by atoms with Gasteiger partial charge < -0.3 is 9.47 Å². The van der Waals surface area contributed by atoms with E-state index in [1.165, 1.54) is 0 Å². The highest BCUT2D eigenvalue weighted by Crippen LogP contribution is 2.49. The third-order valence-corrected chi connectivity index (χ3v) is 4.30. The lowest BCUT2D eigenvalue weighted by molar-refractivity contribution is -0.173. The molecule has 0 saturated carbocycles. The number of rotatable bonds is 1. The molecule has 0 unspecified atom stereocenters. The third-order valence-electron chi connectivity index (χ3n) is 3.01. The van der Waals surface area contributed by atoms with Crippen molar-refractivity contribution in [3.8, 4) is 0 Å². The molecule has 0 atom stereocenters. The Bertz CT molecular complexity index is 420. The van der Waals surface area contributed by atoms with Crippen LogP contribution >= 0.6 is 7.82 Å². The first kappa shape index (κ1) is 18.1. The van der Waals surface area contributed by atoms with Crippen molar-refractivity contribution >= 4 is 19.8 Å². The fourth-order valence-electron chi connectivity index (χ4n) is 2.07. The SMILES string of the molecule is COP1(=O)OCOC(=O)C(C)(C)CC(C)(C)C(=O)OCO1. The molecule has 0 aromatic carbocycles. The molecule has 21 heavy (non-hydrogen) atoms. The van der Waals surface area contributed by atoms with E-state index in [-0.39, 0.29) is 6.42 Å². The van der Waals surface area contributed by atoms with Gasteiger partial charge in [0.1, 0.15) is 0 Å². The van der Waals surface area contributed by atoms with Crippen LogP contribution in [0.3, 0.4) is 0 Å². The van der Waals surface area contributed by atoms with Crippen LogP contribution in [0.2, 0.25) is 0 Å². The number of hydrogen-bond donors (Lipinski definition) is 0. The molecule has 1 aliphatic heterocycles. The van der Waals surface area contributed by atoms with E-state index in [2.05, 4.69) is 4.52 Å². The average Bonchev–Trinajstić information content (AvgIpc) is 2.36. The predicted molar refractivity (Wildman–Crippen MR) is 70.9 cm³/mol. The van der Waals surface area contributed by atoms with Crippen LogP contribution in [-0.4, -0.2) is 32.6 Å². The van der Waals surface area contributed by atoms with Crippen molar-refractivity contribution in [1.29, 1.82) is 0 Å². The second-order valence-corrected chi connectivity index (χ2v) is 7.71. The summed E-state index contributed by atoms with van der Waals surface area (Å²) in [7, 11) is -2.84. The monoisotopic (exact) mass is 324 g/mol. The number of ether oxygens (including phenoxy) is 2. The van der Waals surface area contributed by atoms with Gasteiger partial charge in [-0.3, -0.25) is 14.1 Å². The van der Waals surface area contributed by atoms with Crippen molar-refractivity contribution in [2.24, 2.45) is 10.8 Å². The molecule has 9 heteroatoms. The van der Waals surface area contributed by atoms with Crippen LogP contribution in [-0.2, 0) is 37.2 Å². The molecule has 1 rings (SSSR count). The average molecular weight is 324 g/mol. The fraction of sp³-hybridized carbons (Fsp3) is 0.833. The van der Waals surface area contributed by atoms with Crippen LogP contribution in [0, 0.1) is 10.8 Å². The summed E-state index contributed by atoms with van der Waals surface area (Å²) in [5.41, 5.74) is -1.88. The number of cyclic esters (lactones) is 2. The van der Waals surface area contributed by atoms with Gasteiger partial charge in [-0.15, -0.1) is 0 Å². The van der Waals surface area contributed by atoms with E-state index in [4.69, 9.17) is 18.5 Å². The first-order chi connectivity index (χ1) is 9.52. The number of hydrogen-bond acceptors (Lipinski definition) is 8. The van der Waals surface area contributed by atoms with Crippen molar-refractivity contribution in [2.75, 3.05) is 20.7 Å². The summed E-state index contributed by atoms with van der Waals surface area (Å²) in [5, 5.41) is 0. The third kappa shape index (κ3) is 4.78. The Morgan fingerprint density at radius 1 is 0.952 bits per heavy atom. The van der Waals surface area contributed by atoms with Gasteiger partial charge in [0.2, 0.25) is 13.6 Å². The van der Waals surface area contributed by atoms with Crippen molar-refractivity contribution in [3.63, 3.8) is 0 Å². The zero-order valence-electron chi connectivity index (χ0n) is 12.8.